The Kier molecular flexibility index (Phi) is 4.93. The molecule has 0 spiro atoms. The van der Waals surface area contributed by atoms with Crippen LogP contribution in [0.15, 0.2) is 36.5 Å². The number of ether oxygens (including phenoxy) is 1. The maximum atomic E-state index is 5.96. The van der Waals surface area contributed by atoms with Gasteiger partial charge in [-0.25, -0.2) is 0 Å². The van der Waals surface area contributed by atoms with Crippen molar-refractivity contribution >= 4 is 10.9 Å². The molecule has 0 radical (unpaired) electrons. The zero-order valence-electron chi connectivity index (χ0n) is 13.3. The summed E-state index contributed by atoms with van der Waals surface area (Å²) in [6.07, 6.45) is 1.79. The van der Waals surface area contributed by atoms with Crippen molar-refractivity contribution in [3.8, 4) is 0 Å². The summed E-state index contributed by atoms with van der Waals surface area (Å²) in [5, 5.41) is 1.13. The third-order valence-electron chi connectivity index (χ3n) is 3.67. The first-order valence-corrected chi connectivity index (χ1v) is 7.39. The molecule has 2 atom stereocenters. The van der Waals surface area contributed by atoms with Crippen LogP contribution in [0.2, 0.25) is 0 Å². The van der Waals surface area contributed by atoms with E-state index in [0.717, 1.165) is 16.5 Å². The molecule has 0 fully saturated rings. The minimum Gasteiger partial charge on any atom is -0.376 e. The van der Waals surface area contributed by atoms with Gasteiger partial charge in [-0.15, -0.1) is 0 Å². The van der Waals surface area contributed by atoms with Crippen LogP contribution in [0.25, 0.3) is 10.9 Å². The fraction of sp³-hybridized carbons (Fsp3) is 0.471. The number of nitrogens with one attached hydrogen (secondary N) is 1. The number of fused-ring (bicyclic) bond motifs is 1. The number of aromatic nitrogens is 1. The van der Waals surface area contributed by atoms with Gasteiger partial charge in [-0.3, -0.25) is 16.3 Å². The number of nitrogens with two attached hydrogens (primary N) is 1. The predicted octanol–water partition coefficient (Wildman–Crippen LogP) is 3.19. The summed E-state index contributed by atoms with van der Waals surface area (Å²) in [5.74, 6) is 5.83. The number of benzene rings is 1. The average molecular weight is 287 g/mol. The van der Waals surface area contributed by atoms with E-state index in [0.29, 0.717) is 6.61 Å². The summed E-state index contributed by atoms with van der Waals surface area (Å²) in [5.41, 5.74) is 4.97. The fourth-order valence-electron chi connectivity index (χ4n) is 2.66. The Morgan fingerprint density at radius 3 is 2.67 bits per heavy atom. The Morgan fingerprint density at radius 1 is 1.29 bits per heavy atom. The monoisotopic (exact) mass is 287 g/mol. The molecule has 1 aromatic carbocycles. The SMILES string of the molecule is CCOC(C(NN)c1ccc2cccnc2c1)C(C)(C)C. The smallest absolute Gasteiger partial charge is 0.0830 e. The van der Waals surface area contributed by atoms with Gasteiger partial charge in [0.2, 0.25) is 0 Å². The van der Waals surface area contributed by atoms with Crippen LogP contribution in [0, 0.1) is 5.41 Å². The van der Waals surface area contributed by atoms with E-state index in [1.54, 1.807) is 6.20 Å². The van der Waals surface area contributed by atoms with Gasteiger partial charge in [0, 0.05) is 18.2 Å². The largest absolute Gasteiger partial charge is 0.376 e. The predicted molar refractivity (Wildman–Crippen MR) is 86.7 cm³/mol. The normalized spacial score (nSPS) is 15.1. The van der Waals surface area contributed by atoms with E-state index in [2.05, 4.69) is 55.4 Å². The molecule has 0 bridgehead atoms. The molecule has 114 valence electrons. The van der Waals surface area contributed by atoms with Gasteiger partial charge >= 0.3 is 0 Å². The van der Waals surface area contributed by atoms with Crippen LogP contribution in [0.4, 0.5) is 0 Å². The van der Waals surface area contributed by atoms with Crippen LogP contribution in [0.5, 0.6) is 0 Å². The molecule has 3 N–H and O–H groups in total. The van der Waals surface area contributed by atoms with Crippen molar-refractivity contribution < 1.29 is 4.74 Å². The van der Waals surface area contributed by atoms with E-state index < -0.39 is 0 Å². The van der Waals surface area contributed by atoms with Crippen LogP contribution in [-0.4, -0.2) is 17.7 Å². The molecular formula is C17H25N3O. The highest BCUT2D eigenvalue weighted by molar-refractivity contribution is 5.79. The van der Waals surface area contributed by atoms with Crippen molar-refractivity contribution in [1.82, 2.24) is 10.4 Å². The highest BCUT2D eigenvalue weighted by Crippen LogP contribution is 2.33. The molecule has 0 aliphatic rings. The van der Waals surface area contributed by atoms with E-state index in [-0.39, 0.29) is 17.6 Å². The van der Waals surface area contributed by atoms with E-state index in [1.165, 1.54) is 0 Å². The van der Waals surface area contributed by atoms with Crippen LogP contribution in [0.3, 0.4) is 0 Å². The molecular weight excluding hydrogens is 262 g/mol. The van der Waals surface area contributed by atoms with E-state index in [9.17, 15) is 0 Å². The van der Waals surface area contributed by atoms with Gasteiger partial charge in [0.05, 0.1) is 17.7 Å². The maximum absolute atomic E-state index is 5.96. The van der Waals surface area contributed by atoms with Crippen LogP contribution in [-0.2, 0) is 4.74 Å². The molecule has 1 aromatic heterocycles. The molecule has 0 saturated carbocycles. The highest BCUT2D eigenvalue weighted by atomic mass is 16.5. The molecule has 0 saturated heterocycles. The van der Waals surface area contributed by atoms with Crippen molar-refractivity contribution in [2.75, 3.05) is 6.61 Å². The minimum absolute atomic E-state index is 0.0198. The Hall–Kier alpha value is -1.49. The van der Waals surface area contributed by atoms with Crippen LogP contribution in [0.1, 0.15) is 39.3 Å². The second-order valence-electron chi connectivity index (χ2n) is 6.34. The topological polar surface area (TPSA) is 60.2 Å². The number of pyridine rings is 1. The Morgan fingerprint density at radius 2 is 2.05 bits per heavy atom. The van der Waals surface area contributed by atoms with Gasteiger partial charge in [0.1, 0.15) is 0 Å². The highest BCUT2D eigenvalue weighted by Gasteiger charge is 2.33. The standard InChI is InChI=1S/C17H25N3O/c1-5-21-16(17(2,3)4)15(20-18)13-9-8-12-7-6-10-19-14(12)11-13/h6-11,15-16,20H,5,18H2,1-4H3. The molecule has 2 unspecified atom stereocenters. The summed E-state index contributed by atoms with van der Waals surface area (Å²) in [7, 11) is 0. The number of nitrogens with zero attached hydrogens (tertiary/aromatic N) is 1. The lowest BCUT2D eigenvalue weighted by Gasteiger charge is -2.36. The van der Waals surface area contributed by atoms with Gasteiger partial charge in [0.25, 0.3) is 0 Å². The van der Waals surface area contributed by atoms with Crippen LogP contribution < -0.4 is 11.3 Å². The first kappa shape index (κ1) is 15.9. The van der Waals surface area contributed by atoms with Gasteiger partial charge in [-0.05, 0) is 30.0 Å². The summed E-state index contributed by atoms with van der Waals surface area (Å²) in [6.45, 7) is 9.16. The zero-order valence-corrected chi connectivity index (χ0v) is 13.3. The van der Waals surface area contributed by atoms with Crippen molar-refractivity contribution in [1.29, 1.82) is 0 Å². The number of hydrazine groups is 1. The van der Waals surface area contributed by atoms with Crippen molar-refractivity contribution in [2.24, 2.45) is 11.3 Å². The first-order chi connectivity index (χ1) is 9.97. The van der Waals surface area contributed by atoms with E-state index >= 15 is 0 Å². The summed E-state index contributed by atoms with van der Waals surface area (Å²) < 4.78 is 5.96. The molecule has 21 heavy (non-hydrogen) atoms. The summed E-state index contributed by atoms with van der Waals surface area (Å²) in [4.78, 5) is 4.42. The quantitative estimate of drug-likeness (QED) is 0.655. The lowest BCUT2D eigenvalue weighted by molar-refractivity contribution is -0.0366. The number of hydrogen-bond donors (Lipinski definition) is 2. The molecule has 1 heterocycles. The van der Waals surface area contributed by atoms with Crippen molar-refractivity contribution in [2.45, 2.75) is 39.8 Å². The summed E-state index contributed by atoms with van der Waals surface area (Å²) >= 11 is 0. The second-order valence-corrected chi connectivity index (χ2v) is 6.34. The summed E-state index contributed by atoms with van der Waals surface area (Å²) in [6, 6.07) is 10.2. The van der Waals surface area contributed by atoms with E-state index in [1.807, 2.05) is 13.0 Å². The van der Waals surface area contributed by atoms with Crippen molar-refractivity contribution in [3.63, 3.8) is 0 Å². The molecule has 2 aromatic rings. The number of rotatable bonds is 5. The van der Waals surface area contributed by atoms with Crippen LogP contribution >= 0.6 is 0 Å². The second kappa shape index (κ2) is 6.52. The van der Waals surface area contributed by atoms with Gasteiger partial charge in [0.15, 0.2) is 0 Å². The zero-order chi connectivity index (χ0) is 15.5. The first-order valence-electron chi connectivity index (χ1n) is 7.39. The molecule has 0 aliphatic heterocycles. The average Bonchev–Trinajstić information content (AvgIpc) is 2.46. The fourth-order valence-corrected chi connectivity index (χ4v) is 2.66. The molecule has 0 amide bonds. The third-order valence-corrected chi connectivity index (χ3v) is 3.67. The lowest BCUT2D eigenvalue weighted by atomic mass is 9.82. The van der Waals surface area contributed by atoms with Crippen molar-refractivity contribution in [3.05, 3.63) is 42.1 Å². The van der Waals surface area contributed by atoms with E-state index in [4.69, 9.17) is 10.6 Å². The third kappa shape index (κ3) is 3.59. The molecule has 4 heteroatoms. The Labute approximate surface area is 126 Å². The minimum atomic E-state index is -0.0728. The van der Waals surface area contributed by atoms with Gasteiger partial charge < -0.3 is 4.74 Å². The Balaban J connectivity index is 2.41. The molecule has 2 rings (SSSR count). The van der Waals surface area contributed by atoms with Gasteiger partial charge in [-0.2, -0.15) is 0 Å². The molecule has 0 aliphatic carbocycles. The lowest BCUT2D eigenvalue weighted by Crippen LogP contribution is -2.44. The van der Waals surface area contributed by atoms with Gasteiger partial charge in [-0.1, -0.05) is 39.0 Å². The number of hydrogen-bond acceptors (Lipinski definition) is 4. The molecule has 4 nitrogen and oxygen atoms in total. The Bertz CT molecular complexity index is 592. The maximum Gasteiger partial charge on any atom is 0.0830 e.